The van der Waals surface area contributed by atoms with E-state index in [-0.39, 0.29) is 23.5 Å². The normalized spacial score (nSPS) is 22.6. The molecule has 0 aliphatic carbocycles. The van der Waals surface area contributed by atoms with E-state index in [2.05, 4.69) is 4.98 Å². The Balaban J connectivity index is 2.15. The smallest absolute Gasteiger partial charge is 0.255 e. The van der Waals surface area contributed by atoms with Crippen molar-refractivity contribution in [1.82, 2.24) is 14.8 Å². The van der Waals surface area contributed by atoms with Crippen LogP contribution in [0.3, 0.4) is 0 Å². The molecule has 1 aromatic heterocycles. The zero-order valence-electron chi connectivity index (χ0n) is 12.5. The molecule has 1 aliphatic heterocycles. The zero-order chi connectivity index (χ0) is 15.5. The molecule has 0 bridgehead atoms. The van der Waals surface area contributed by atoms with Gasteiger partial charge >= 0.3 is 0 Å². The van der Waals surface area contributed by atoms with Gasteiger partial charge in [0, 0.05) is 31.2 Å². The van der Waals surface area contributed by atoms with E-state index in [1.807, 2.05) is 19.0 Å². The van der Waals surface area contributed by atoms with E-state index < -0.39 is 5.82 Å². The van der Waals surface area contributed by atoms with Gasteiger partial charge in [-0.1, -0.05) is 0 Å². The number of aliphatic hydroxyl groups excluding tert-OH is 1. The lowest BCUT2D eigenvalue weighted by Crippen LogP contribution is -2.52. The second kappa shape index (κ2) is 6.49. The zero-order valence-corrected chi connectivity index (χ0v) is 12.5. The van der Waals surface area contributed by atoms with Crippen LogP contribution < -0.4 is 0 Å². The summed E-state index contributed by atoms with van der Waals surface area (Å²) >= 11 is 0. The van der Waals surface area contributed by atoms with Gasteiger partial charge in [0.25, 0.3) is 5.91 Å². The van der Waals surface area contributed by atoms with Crippen molar-refractivity contribution in [3.05, 3.63) is 29.8 Å². The molecule has 1 aromatic rings. The first-order valence-electron chi connectivity index (χ1n) is 7.11. The van der Waals surface area contributed by atoms with Crippen molar-refractivity contribution in [3.8, 4) is 0 Å². The van der Waals surface area contributed by atoms with Gasteiger partial charge in [-0.05, 0) is 33.0 Å². The minimum absolute atomic E-state index is 0.0381. The van der Waals surface area contributed by atoms with Crippen LogP contribution in [0.15, 0.2) is 18.5 Å². The predicted molar refractivity (Wildman–Crippen MR) is 77.4 cm³/mol. The Morgan fingerprint density at radius 3 is 2.90 bits per heavy atom. The first-order chi connectivity index (χ1) is 9.96. The average molecular weight is 295 g/mol. The number of carbonyl (C=O) groups excluding carboxylic acids is 1. The fourth-order valence-electron chi connectivity index (χ4n) is 3.07. The number of rotatable bonds is 4. The largest absolute Gasteiger partial charge is 0.396 e. The first kappa shape index (κ1) is 15.9. The maximum atomic E-state index is 13.2. The highest BCUT2D eigenvalue weighted by Crippen LogP contribution is 2.31. The van der Waals surface area contributed by atoms with E-state index in [1.165, 1.54) is 12.3 Å². The van der Waals surface area contributed by atoms with Gasteiger partial charge in [-0.15, -0.1) is 0 Å². The van der Waals surface area contributed by atoms with E-state index in [4.69, 9.17) is 0 Å². The van der Waals surface area contributed by atoms with E-state index in [1.54, 1.807) is 4.90 Å². The number of carbonyl (C=O) groups is 1. The van der Waals surface area contributed by atoms with Crippen molar-refractivity contribution in [2.24, 2.45) is 5.41 Å². The Bertz CT molecular complexity index is 509. The summed E-state index contributed by atoms with van der Waals surface area (Å²) in [4.78, 5) is 19.9. The lowest BCUT2D eigenvalue weighted by Gasteiger charge is -2.43. The molecule has 1 N–H and O–H groups in total. The molecule has 5 nitrogen and oxygen atoms in total. The van der Waals surface area contributed by atoms with Crippen molar-refractivity contribution in [2.75, 3.05) is 40.3 Å². The minimum atomic E-state index is -0.514. The third kappa shape index (κ3) is 3.77. The third-order valence-electron chi connectivity index (χ3n) is 3.89. The SMILES string of the molecule is CN(C)C[C@@]1(CO)CCCN(C(=O)c2cncc(F)c2)C1. The summed E-state index contributed by atoms with van der Waals surface area (Å²) in [7, 11) is 3.91. The molecular weight excluding hydrogens is 273 g/mol. The number of piperidine rings is 1. The van der Waals surface area contributed by atoms with Crippen molar-refractivity contribution in [3.63, 3.8) is 0 Å². The molecule has 1 atom stereocenters. The van der Waals surface area contributed by atoms with Gasteiger partial charge in [-0.2, -0.15) is 0 Å². The summed E-state index contributed by atoms with van der Waals surface area (Å²) in [6.45, 7) is 1.87. The molecule has 0 saturated carbocycles. The van der Waals surface area contributed by atoms with Gasteiger partial charge < -0.3 is 14.9 Å². The summed E-state index contributed by atoms with van der Waals surface area (Å²) in [5, 5.41) is 9.77. The first-order valence-corrected chi connectivity index (χ1v) is 7.11. The lowest BCUT2D eigenvalue weighted by molar-refractivity contribution is 0.0138. The van der Waals surface area contributed by atoms with Crippen molar-refractivity contribution >= 4 is 5.91 Å². The van der Waals surface area contributed by atoms with Crippen LogP contribution in [0.2, 0.25) is 0 Å². The van der Waals surface area contributed by atoms with Crippen LogP contribution >= 0.6 is 0 Å². The lowest BCUT2D eigenvalue weighted by atomic mass is 9.80. The fraction of sp³-hybridized carbons (Fsp3) is 0.600. The second-order valence-electron chi connectivity index (χ2n) is 6.12. The molecule has 1 amide bonds. The number of pyridine rings is 1. The van der Waals surface area contributed by atoms with Crippen LogP contribution in [0.1, 0.15) is 23.2 Å². The van der Waals surface area contributed by atoms with Crippen LogP contribution in [0.4, 0.5) is 4.39 Å². The summed E-state index contributed by atoms with van der Waals surface area (Å²) in [5.74, 6) is -0.738. The number of amides is 1. The molecule has 0 spiro atoms. The number of nitrogens with zero attached hydrogens (tertiary/aromatic N) is 3. The number of aromatic nitrogens is 1. The number of halogens is 1. The van der Waals surface area contributed by atoms with Crippen LogP contribution in [-0.2, 0) is 0 Å². The second-order valence-corrected chi connectivity index (χ2v) is 6.12. The van der Waals surface area contributed by atoms with E-state index in [0.717, 1.165) is 19.0 Å². The van der Waals surface area contributed by atoms with Crippen molar-refractivity contribution < 1.29 is 14.3 Å². The highest BCUT2D eigenvalue weighted by atomic mass is 19.1. The maximum absolute atomic E-state index is 13.2. The van der Waals surface area contributed by atoms with Crippen molar-refractivity contribution in [2.45, 2.75) is 12.8 Å². The number of aliphatic hydroxyl groups is 1. The van der Waals surface area contributed by atoms with Crippen LogP contribution in [0.5, 0.6) is 0 Å². The monoisotopic (exact) mass is 295 g/mol. The van der Waals surface area contributed by atoms with Gasteiger partial charge in [0.2, 0.25) is 0 Å². The molecule has 116 valence electrons. The van der Waals surface area contributed by atoms with E-state index in [9.17, 15) is 14.3 Å². The quantitative estimate of drug-likeness (QED) is 0.900. The Morgan fingerprint density at radius 1 is 1.52 bits per heavy atom. The third-order valence-corrected chi connectivity index (χ3v) is 3.89. The van der Waals surface area contributed by atoms with Gasteiger partial charge in [0.15, 0.2) is 0 Å². The van der Waals surface area contributed by atoms with Gasteiger partial charge in [0.05, 0.1) is 18.4 Å². The molecule has 0 unspecified atom stereocenters. The summed E-state index contributed by atoms with van der Waals surface area (Å²) < 4.78 is 13.2. The minimum Gasteiger partial charge on any atom is -0.396 e. The number of hydrogen-bond donors (Lipinski definition) is 1. The van der Waals surface area contributed by atoms with Gasteiger partial charge in [0.1, 0.15) is 5.82 Å². The summed E-state index contributed by atoms with van der Waals surface area (Å²) in [6.07, 6.45) is 4.18. The predicted octanol–water partition coefficient (Wildman–Crippen LogP) is 0.997. The molecule has 21 heavy (non-hydrogen) atoms. The Hall–Kier alpha value is -1.53. The fourth-order valence-corrected chi connectivity index (χ4v) is 3.07. The molecular formula is C15H22FN3O2. The van der Waals surface area contributed by atoms with Crippen LogP contribution in [0.25, 0.3) is 0 Å². The standard InChI is InChI=1S/C15H22FN3O2/c1-18(2)9-15(11-20)4-3-5-19(10-15)14(21)12-6-13(16)8-17-7-12/h6-8,20H,3-5,9-11H2,1-2H3/t15-/m0/s1. The van der Waals surface area contributed by atoms with Crippen LogP contribution in [0, 0.1) is 11.2 Å². The van der Waals surface area contributed by atoms with E-state index >= 15 is 0 Å². The average Bonchev–Trinajstić information content (AvgIpc) is 2.46. The molecule has 1 fully saturated rings. The maximum Gasteiger partial charge on any atom is 0.255 e. The number of hydrogen-bond acceptors (Lipinski definition) is 4. The Kier molecular flexibility index (Phi) is 4.90. The molecule has 0 radical (unpaired) electrons. The van der Waals surface area contributed by atoms with Gasteiger partial charge in [-0.25, -0.2) is 4.39 Å². The summed E-state index contributed by atoms with van der Waals surface area (Å²) in [6, 6.07) is 1.20. The summed E-state index contributed by atoms with van der Waals surface area (Å²) in [5.41, 5.74) is -0.0494. The van der Waals surface area contributed by atoms with Crippen molar-refractivity contribution in [1.29, 1.82) is 0 Å². The van der Waals surface area contributed by atoms with E-state index in [0.29, 0.717) is 19.6 Å². The number of likely N-dealkylation sites (tertiary alicyclic amines) is 1. The molecule has 0 aromatic carbocycles. The van der Waals surface area contributed by atoms with Crippen LogP contribution in [-0.4, -0.2) is 66.1 Å². The molecule has 2 rings (SSSR count). The Labute approximate surface area is 124 Å². The molecule has 1 aliphatic rings. The van der Waals surface area contributed by atoms with Gasteiger partial charge in [-0.3, -0.25) is 9.78 Å². The highest BCUT2D eigenvalue weighted by Gasteiger charge is 2.37. The highest BCUT2D eigenvalue weighted by molar-refractivity contribution is 5.94. The molecule has 6 heteroatoms. The topological polar surface area (TPSA) is 56.7 Å². The molecule has 1 saturated heterocycles. The molecule has 2 heterocycles. The Morgan fingerprint density at radius 2 is 2.29 bits per heavy atom.